The summed E-state index contributed by atoms with van der Waals surface area (Å²) >= 11 is 1.23. The zero-order valence-corrected chi connectivity index (χ0v) is 9.62. The molecular formula is C12H11NO2S. The van der Waals surface area contributed by atoms with Gasteiger partial charge in [-0.15, -0.1) is 11.3 Å². The number of aromatic carboxylic acids is 1. The molecule has 0 spiro atoms. The first-order valence-corrected chi connectivity index (χ1v) is 5.82. The Morgan fingerprint density at radius 1 is 1.38 bits per heavy atom. The van der Waals surface area contributed by atoms with Gasteiger partial charge in [0.25, 0.3) is 0 Å². The van der Waals surface area contributed by atoms with Gasteiger partial charge in [-0.3, -0.25) is 0 Å². The molecular weight excluding hydrogens is 222 g/mol. The number of nitrogens with zero attached hydrogens (tertiary/aromatic N) is 1. The number of carboxylic acids is 1. The van der Waals surface area contributed by atoms with E-state index in [1.807, 2.05) is 37.3 Å². The highest BCUT2D eigenvalue weighted by Crippen LogP contribution is 2.28. The normalized spacial score (nSPS) is 10.3. The van der Waals surface area contributed by atoms with E-state index in [-0.39, 0.29) is 0 Å². The number of hydrogen-bond acceptors (Lipinski definition) is 3. The Morgan fingerprint density at radius 3 is 2.56 bits per heavy atom. The van der Waals surface area contributed by atoms with E-state index < -0.39 is 5.97 Å². The summed E-state index contributed by atoms with van der Waals surface area (Å²) < 4.78 is 0. The van der Waals surface area contributed by atoms with Crippen molar-refractivity contribution in [1.29, 1.82) is 0 Å². The molecule has 0 radical (unpaired) electrons. The second kappa shape index (κ2) is 4.45. The lowest BCUT2D eigenvalue weighted by molar-refractivity contribution is 0.0701. The molecule has 1 N–H and O–H groups in total. The minimum absolute atomic E-state index is 0.348. The number of carboxylic acid groups (broad SMARTS) is 1. The molecule has 3 nitrogen and oxygen atoms in total. The van der Waals surface area contributed by atoms with Gasteiger partial charge in [-0.1, -0.05) is 37.3 Å². The number of benzene rings is 1. The summed E-state index contributed by atoms with van der Waals surface area (Å²) in [5.74, 6) is -0.892. The lowest BCUT2D eigenvalue weighted by Gasteiger charge is -1.92. The molecule has 16 heavy (non-hydrogen) atoms. The van der Waals surface area contributed by atoms with Gasteiger partial charge in [-0.05, 0) is 6.42 Å². The number of aromatic nitrogens is 1. The number of rotatable bonds is 3. The van der Waals surface area contributed by atoms with E-state index in [1.165, 1.54) is 11.3 Å². The van der Waals surface area contributed by atoms with Crippen molar-refractivity contribution in [3.05, 3.63) is 40.9 Å². The van der Waals surface area contributed by atoms with Crippen LogP contribution in [0.15, 0.2) is 30.3 Å². The van der Waals surface area contributed by atoms with Gasteiger partial charge in [0.05, 0.1) is 5.69 Å². The summed E-state index contributed by atoms with van der Waals surface area (Å²) in [5, 5.41) is 9.80. The molecule has 2 aromatic rings. The zero-order chi connectivity index (χ0) is 11.5. The Kier molecular flexibility index (Phi) is 3.01. The second-order valence-electron chi connectivity index (χ2n) is 3.32. The molecule has 0 aliphatic rings. The molecule has 0 atom stereocenters. The van der Waals surface area contributed by atoms with Crippen molar-refractivity contribution >= 4 is 17.3 Å². The highest BCUT2D eigenvalue weighted by atomic mass is 32.1. The summed E-state index contributed by atoms with van der Waals surface area (Å²) in [6.45, 7) is 1.91. The van der Waals surface area contributed by atoms with Crippen LogP contribution in [-0.4, -0.2) is 16.1 Å². The van der Waals surface area contributed by atoms with E-state index >= 15 is 0 Å². The van der Waals surface area contributed by atoms with Crippen molar-refractivity contribution in [3.63, 3.8) is 0 Å². The van der Waals surface area contributed by atoms with Crippen LogP contribution in [0.3, 0.4) is 0 Å². The van der Waals surface area contributed by atoms with E-state index in [0.29, 0.717) is 17.0 Å². The lowest BCUT2D eigenvalue weighted by atomic mass is 10.2. The fraction of sp³-hybridized carbons (Fsp3) is 0.167. The molecule has 0 unspecified atom stereocenters. The van der Waals surface area contributed by atoms with Crippen LogP contribution in [0.4, 0.5) is 0 Å². The summed E-state index contributed by atoms with van der Waals surface area (Å²) in [6.07, 6.45) is 0.644. The molecule has 2 rings (SSSR count). The number of hydrogen-bond donors (Lipinski definition) is 1. The van der Waals surface area contributed by atoms with Gasteiger partial charge in [0.1, 0.15) is 9.88 Å². The molecule has 0 bridgehead atoms. The van der Waals surface area contributed by atoms with Gasteiger partial charge in [-0.2, -0.15) is 0 Å². The number of carbonyl (C=O) groups is 1. The molecule has 1 aromatic carbocycles. The van der Waals surface area contributed by atoms with Crippen LogP contribution in [0, 0.1) is 0 Å². The van der Waals surface area contributed by atoms with Gasteiger partial charge in [0.15, 0.2) is 0 Å². The van der Waals surface area contributed by atoms with E-state index in [9.17, 15) is 4.79 Å². The molecule has 0 amide bonds. The van der Waals surface area contributed by atoms with Gasteiger partial charge < -0.3 is 5.11 Å². The maximum absolute atomic E-state index is 11.0. The van der Waals surface area contributed by atoms with Gasteiger partial charge in [-0.25, -0.2) is 9.78 Å². The molecule has 0 fully saturated rings. The minimum Gasteiger partial charge on any atom is -0.477 e. The third kappa shape index (κ3) is 1.97. The van der Waals surface area contributed by atoms with Crippen molar-refractivity contribution in [2.24, 2.45) is 0 Å². The van der Waals surface area contributed by atoms with Crippen LogP contribution in [0.1, 0.15) is 22.3 Å². The average Bonchev–Trinajstić information content (AvgIpc) is 2.74. The van der Waals surface area contributed by atoms with Crippen LogP contribution >= 0.6 is 11.3 Å². The lowest BCUT2D eigenvalue weighted by Crippen LogP contribution is -1.97. The van der Waals surface area contributed by atoms with Crippen molar-refractivity contribution in [1.82, 2.24) is 4.98 Å². The Bertz CT molecular complexity index is 505. The fourth-order valence-electron chi connectivity index (χ4n) is 1.46. The van der Waals surface area contributed by atoms with E-state index in [4.69, 9.17) is 5.11 Å². The quantitative estimate of drug-likeness (QED) is 0.886. The Labute approximate surface area is 97.4 Å². The zero-order valence-electron chi connectivity index (χ0n) is 8.80. The van der Waals surface area contributed by atoms with Gasteiger partial charge >= 0.3 is 5.97 Å². The Hall–Kier alpha value is -1.68. The summed E-state index contributed by atoms with van der Waals surface area (Å²) in [7, 11) is 0. The van der Waals surface area contributed by atoms with E-state index in [2.05, 4.69) is 4.98 Å². The van der Waals surface area contributed by atoms with Crippen molar-refractivity contribution in [2.75, 3.05) is 0 Å². The van der Waals surface area contributed by atoms with E-state index in [0.717, 1.165) is 10.6 Å². The second-order valence-corrected chi connectivity index (χ2v) is 4.32. The standard InChI is InChI=1S/C12H11NO2S/c1-2-9-10(12(14)15)16-11(13-9)8-6-4-3-5-7-8/h3-7H,2H2,1H3,(H,14,15). The highest BCUT2D eigenvalue weighted by Gasteiger charge is 2.16. The molecule has 0 saturated heterocycles. The van der Waals surface area contributed by atoms with Crippen LogP contribution in [0.25, 0.3) is 10.6 Å². The maximum atomic E-state index is 11.0. The largest absolute Gasteiger partial charge is 0.477 e. The fourth-order valence-corrected chi connectivity index (χ4v) is 2.46. The summed E-state index contributed by atoms with van der Waals surface area (Å²) in [4.78, 5) is 15.7. The molecule has 1 heterocycles. The predicted octanol–water partition coefficient (Wildman–Crippen LogP) is 3.07. The molecule has 0 saturated carbocycles. The van der Waals surface area contributed by atoms with Crippen molar-refractivity contribution < 1.29 is 9.90 Å². The van der Waals surface area contributed by atoms with Crippen molar-refractivity contribution in [3.8, 4) is 10.6 Å². The number of aryl methyl sites for hydroxylation is 1. The van der Waals surface area contributed by atoms with E-state index in [1.54, 1.807) is 0 Å². The molecule has 0 aliphatic carbocycles. The summed E-state index contributed by atoms with van der Waals surface area (Å²) in [5.41, 5.74) is 1.63. The minimum atomic E-state index is -0.892. The smallest absolute Gasteiger partial charge is 0.347 e. The topological polar surface area (TPSA) is 50.2 Å². The third-order valence-electron chi connectivity index (χ3n) is 2.25. The predicted molar refractivity (Wildman–Crippen MR) is 63.9 cm³/mol. The third-order valence-corrected chi connectivity index (χ3v) is 3.38. The Morgan fingerprint density at radius 2 is 2.06 bits per heavy atom. The summed E-state index contributed by atoms with van der Waals surface area (Å²) in [6, 6.07) is 9.63. The monoisotopic (exact) mass is 233 g/mol. The van der Waals surface area contributed by atoms with Crippen molar-refractivity contribution in [2.45, 2.75) is 13.3 Å². The van der Waals surface area contributed by atoms with Gasteiger partial charge in [0, 0.05) is 5.56 Å². The highest BCUT2D eigenvalue weighted by molar-refractivity contribution is 7.17. The first-order chi connectivity index (χ1) is 7.72. The first kappa shape index (κ1) is 10.8. The average molecular weight is 233 g/mol. The molecule has 1 aromatic heterocycles. The van der Waals surface area contributed by atoms with Crippen LogP contribution in [-0.2, 0) is 6.42 Å². The maximum Gasteiger partial charge on any atom is 0.347 e. The Balaban J connectivity index is 2.48. The SMILES string of the molecule is CCc1nc(-c2ccccc2)sc1C(=O)O. The molecule has 82 valence electrons. The van der Waals surface area contributed by atoms with Gasteiger partial charge in [0.2, 0.25) is 0 Å². The van der Waals surface area contributed by atoms with Crippen LogP contribution < -0.4 is 0 Å². The molecule has 0 aliphatic heterocycles. The first-order valence-electron chi connectivity index (χ1n) is 5.00. The van der Waals surface area contributed by atoms with Crippen LogP contribution in [0.2, 0.25) is 0 Å². The number of thiazole rings is 1. The van der Waals surface area contributed by atoms with Crippen LogP contribution in [0.5, 0.6) is 0 Å². The molecule has 4 heteroatoms.